The van der Waals surface area contributed by atoms with Crippen LogP contribution in [0.2, 0.25) is 0 Å². The lowest BCUT2D eigenvalue weighted by atomic mass is 10.0. The van der Waals surface area contributed by atoms with E-state index in [1.807, 2.05) is 0 Å². The van der Waals surface area contributed by atoms with Crippen LogP contribution in [0.1, 0.15) is 30.5 Å². The molecular weight excluding hydrogens is 223 g/mol. The summed E-state index contributed by atoms with van der Waals surface area (Å²) < 4.78 is 17.8. The van der Waals surface area contributed by atoms with E-state index in [1.54, 1.807) is 13.0 Å². The van der Waals surface area contributed by atoms with Crippen LogP contribution >= 0.6 is 0 Å². The number of rotatable bonds is 4. The van der Waals surface area contributed by atoms with E-state index < -0.39 is 17.8 Å². The van der Waals surface area contributed by atoms with Crippen LogP contribution in [0.4, 0.5) is 4.39 Å². The molecule has 1 atom stereocenters. The molecule has 0 radical (unpaired) electrons. The number of carbonyl (C=O) groups is 1. The Morgan fingerprint density at radius 1 is 1.65 bits per heavy atom. The lowest BCUT2D eigenvalue weighted by molar-refractivity contribution is -0.143. The molecular formula is C12H13FN2O2. The van der Waals surface area contributed by atoms with Crippen molar-refractivity contribution in [1.82, 2.24) is 0 Å². The predicted molar refractivity (Wildman–Crippen MR) is 59.3 cm³/mol. The molecule has 1 aromatic carbocycles. The van der Waals surface area contributed by atoms with Crippen molar-refractivity contribution < 1.29 is 13.9 Å². The van der Waals surface area contributed by atoms with E-state index in [0.717, 1.165) is 0 Å². The maximum atomic E-state index is 13.1. The number of hydrogen-bond acceptors (Lipinski definition) is 4. The van der Waals surface area contributed by atoms with Crippen molar-refractivity contribution in [3.05, 3.63) is 35.1 Å². The zero-order valence-corrected chi connectivity index (χ0v) is 9.44. The van der Waals surface area contributed by atoms with Gasteiger partial charge in [0.2, 0.25) is 0 Å². The quantitative estimate of drug-likeness (QED) is 0.806. The first-order chi connectivity index (χ1) is 8.08. The van der Waals surface area contributed by atoms with Crippen molar-refractivity contribution in [2.24, 2.45) is 5.73 Å². The largest absolute Gasteiger partial charge is 0.466 e. The first kappa shape index (κ1) is 13.1. The highest BCUT2D eigenvalue weighted by atomic mass is 19.1. The van der Waals surface area contributed by atoms with Gasteiger partial charge in [-0.3, -0.25) is 4.79 Å². The number of ether oxygens (including phenoxy) is 1. The third-order valence-corrected chi connectivity index (χ3v) is 2.23. The Bertz CT molecular complexity index is 454. The number of benzene rings is 1. The fourth-order valence-corrected chi connectivity index (χ4v) is 1.38. The maximum Gasteiger partial charge on any atom is 0.307 e. The first-order valence-corrected chi connectivity index (χ1v) is 5.19. The minimum absolute atomic E-state index is 0.00431. The van der Waals surface area contributed by atoms with Crippen molar-refractivity contribution >= 4 is 5.97 Å². The van der Waals surface area contributed by atoms with Gasteiger partial charge in [0.05, 0.1) is 18.6 Å². The average molecular weight is 236 g/mol. The minimum Gasteiger partial charge on any atom is -0.466 e. The monoisotopic (exact) mass is 236 g/mol. The molecule has 1 rings (SSSR count). The third-order valence-electron chi connectivity index (χ3n) is 2.23. The SMILES string of the molecule is CCOC(=O)C[C@H](N)c1ccc(F)c(C#N)c1. The van der Waals surface area contributed by atoms with Gasteiger partial charge in [0, 0.05) is 6.04 Å². The van der Waals surface area contributed by atoms with Crippen molar-refractivity contribution in [3.8, 4) is 6.07 Å². The van der Waals surface area contributed by atoms with Crippen LogP contribution in [0.5, 0.6) is 0 Å². The van der Waals surface area contributed by atoms with E-state index in [4.69, 9.17) is 15.7 Å². The zero-order valence-electron chi connectivity index (χ0n) is 9.44. The summed E-state index contributed by atoms with van der Waals surface area (Å²) in [6.07, 6.45) is 0.00431. The molecule has 0 saturated carbocycles. The van der Waals surface area contributed by atoms with E-state index in [-0.39, 0.29) is 12.0 Å². The molecule has 0 aromatic heterocycles. The Hall–Kier alpha value is -1.93. The Kier molecular flexibility index (Phi) is 4.61. The summed E-state index contributed by atoms with van der Waals surface area (Å²) in [5, 5.41) is 8.67. The van der Waals surface area contributed by atoms with Crippen molar-refractivity contribution in [1.29, 1.82) is 5.26 Å². The summed E-state index contributed by atoms with van der Waals surface area (Å²) in [6.45, 7) is 1.99. The Balaban J connectivity index is 2.79. The second-order valence-electron chi connectivity index (χ2n) is 3.47. The fraction of sp³-hybridized carbons (Fsp3) is 0.333. The molecule has 4 nitrogen and oxygen atoms in total. The molecule has 90 valence electrons. The Morgan fingerprint density at radius 2 is 2.35 bits per heavy atom. The molecule has 0 unspecified atom stereocenters. The highest BCUT2D eigenvalue weighted by molar-refractivity contribution is 5.70. The normalized spacial score (nSPS) is 11.6. The van der Waals surface area contributed by atoms with Crippen molar-refractivity contribution in [2.45, 2.75) is 19.4 Å². The van der Waals surface area contributed by atoms with Crippen LogP contribution < -0.4 is 5.73 Å². The molecule has 0 aliphatic heterocycles. The van der Waals surface area contributed by atoms with Gasteiger partial charge >= 0.3 is 5.97 Å². The molecule has 0 aliphatic carbocycles. The Morgan fingerprint density at radius 3 is 2.94 bits per heavy atom. The number of carbonyl (C=O) groups excluding carboxylic acids is 1. The standard InChI is InChI=1S/C12H13FN2O2/c1-2-17-12(16)6-11(15)8-3-4-10(13)9(5-8)7-14/h3-5,11H,2,6,15H2,1H3/t11-/m0/s1. The molecule has 0 saturated heterocycles. The molecule has 2 N–H and O–H groups in total. The van der Waals surface area contributed by atoms with E-state index in [1.165, 1.54) is 18.2 Å². The number of halogens is 1. The summed E-state index contributed by atoms with van der Waals surface area (Å²) >= 11 is 0. The van der Waals surface area contributed by atoms with E-state index in [0.29, 0.717) is 12.2 Å². The van der Waals surface area contributed by atoms with Gasteiger partial charge < -0.3 is 10.5 Å². The van der Waals surface area contributed by atoms with Gasteiger partial charge in [-0.1, -0.05) is 6.07 Å². The van der Waals surface area contributed by atoms with Crippen LogP contribution in [0.15, 0.2) is 18.2 Å². The van der Waals surface area contributed by atoms with Crippen LogP contribution in [-0.2, 0) is 9.53 Å². The van der Waals surface area contributed by atoms with E-state index in [2.05, 4.69) is 0 Å². The smallest absolute Gasteiger partial charge is 0.307 e. The fourth-order valence-electron chi connectivity index (χ4n) is 1.38. The van der Waals surface area contributed by atoms with Crippen LogP contribution in [0.25, 0.3) is 0 Å². The van der Waals surface area contributed by atoms with E-state index >= 15 is 0 Å². The van der Waals surface area contributed by atoms with Gasteiger partial charge in [0.15, 0.2) is 0 Å². The molecule has 0 aliphatic rings. The maximum absolute atomic E-state index is 13.1. The van der Waals surface area contributed by atoms with Crippen molar-refractivity contribution in [3.63, 3.8) is 0 Å². The molecule has 0 fully saturated rings. The van der Waals surface area contributed by atoms with Crippen LogP contribution in [-0.4, -0.2) is 12.6 Å². The summed E-state index contributed by atoms with van der Waals surface area (Å²) in [6, 6.07) is 5.10. The van der Waals surface area contributed by atoms with Gasteiger partial charge in [-0.15, -0.1) is 0 Å². The summed E-state index contributed by atoms with van der Waals surface area (Å²) in [7, 11) is 0. The minimum atomic E-state index is -0.598. The predicted octanol–water partition coefficient (Wildman–Crippen LogP) is 1.65. The molecule has 0 amide bonds. The summed E-state index contributed by atoms with van der Waals surface area (Å²) in [5.41, 5.74) is 6.22. The molecule has 1 aromatic rings. The number of nitriles is 1. The molecule has 0 bridgehead atoms. The van der Waals surface area contributed by atoms with Gasteiger partial charge in [-0.25, -0.2) is 4.39 Å². The van der Waals surface area contributed by atoms with Crippen LogP contribution in [0.3, 0.4) is 0 Å². The first-order valence-electron chi connectivity index (χ1n) is 5.19. The molecule has 17 heavy (non-hydrogen) atoms. The zero-order chi connectivity index (χ0) is 12.8. The second kappa shape index (κ2) is 5.97. The molecule has 5 heteroatoms. The van der Waals surface area contributed by atoms with Gasteiger partial charge in [0.25, 0.3) is 0 Å². The number of hydrogen-bond donors (Lipinski definition) is 1. The third kappa shape index (κ3) is 3.54. The molecule has 0 spiro atoms. The topological polar surface area (TPSA) is 76.1 Å². The number of esters is 1. The lowest BCUT2D eigenvalue weighted by Gasteiger charge is -2.11. The summed E-state index contributed by atoms with van der Waals surface area (Å²) in [5.74, 6) is -1.01. The van der Waals surface area contributed by atoms with Gasteiger partial charge in [-0.05, 0) is 24.6 Å². The number of nitrogens with two attached hydrogens (primary N) is 1. The van der Waals surface area contributed by atoms with E-state index in [9.17, 15) is 9.18 Å². The highest BCUT2D eigenvalue weighted by Gasteiger charge is 2.14. The van der Waals surface area contributed by atoms with Gasteiger partial charge in [0.1, 0.15) is 11.9 Å². The van der Waals surface area contributed by atoms with Crippen LogP contribution in [0, 0.1) is 17.1 Å². The second-order valence-corrected chi connectivity index (χ2v) is 3.47. The molecule has 0 heterocycles. The van der Waals surface area contributed by atoms with Crippen molar-refractivity contribution in [2.75, 3.05) is 6.61 Å². The lowest BCUT2D eigenvalue weighted by Crippen LogP contribution is -2.17. The summed E-state index contributed by atoms with van der Waals surface area (Å²) in [4.78, 5) is 11.2. The number of nitrogens with zero attached hydrogens (tertiary/aromatic N) is 1. The Labute approximate surface area is 98.8 Å². The van der Waals surface area contributed by atoms with Gasteiger partial charge in [-0.2, -0.15) is 5.26 Å². The highest BCUT2D eigenvalue weighted by Crippen LogP contribution is 2.18. The average Bonchev–Trinajstić information content (AvgIpc) is 2.29.